The van der Waals surface area contributed by atoms with Gasteiger partial charge in [0.05, 0.1) is 12.7 Å². The fourth-order valence-electron chi connectivity index (χ4n) is 4.06. The number of esters is 1. The third-order valence-electron chi connectivity index (χ3n) is 6.20. The minimum absolute atomic E-state index is 0.0269. The van der Waals surface area contributed by atoms with Crippen molar-refractivity contribution in [3.8, 4) is 11.5 Å². The van der Waals surface area contributed by atoms with Crippen molar-refractivity contribution in [2.24, 2.45) is 0 Å². The lowest BCUT2D eigenvalue weighted by atomic mass is 10.1. The molecule has 3 atom stereocenters. The van der Waals surface area contributed by atoms with Crippen LogP contribution in [-0.2, 0) is 40.1 Å². The molecule has 1 aromatic carbocycles. The molecule has 3 N–H and O–H groups in total. The van der Waals surface area contributed by atoms with Gasteiger partial charge in [-0.2, -0.15) is 0 Å². The van der Waals surface area contributed by atoms with Gasteiger partial charge in [0.1, 0.15) is 18.1 Å². The van der Waals surface area contributed by atoms with Crippen LogP contribution in [0.4, 0.5) is 0 Å². The van der Waals surface area contributed by atoms with E-state index in [0.29, 0.717) is 68.7 Å². The maximum Gasteiger partial charge on any atom is 0.333 e. The number of nitrogens with zero attached hydrogens (tertiary/aromatic N) is 1. The summed E-state index contributed by atoms with van der Waals surface area (Å²) in [5.74, 6) is -1.44. The zero-order chi connectivity index (χ0) is 32.9. The molecule has 3 amide bonds. The Morgan fingerprint density at radius 3 is 2.52 bits per heavy atom. The van der Waals surface area contributed by atoms with Gasteiger partial charge in [0.25, 0.3) is 5.91 Å². The Hall–Kier alpha value is -3.97. The molecule has 1 aliphatic heterocycles. The molecular weight excluding hydrogens is 576 g/mol. The van der Waals surface area contributed by atoms with E-state index in [-0.39, 0.29) is 37.9 Å². The SMILES string of the molecule is C/C=C\C(=O)N(C=O)CCCCCC(=O)NCCCOc1cc(OC2CC(O)CC(C(=O)O)O2)ccc1COC(C)=O.CC. The fraction of sp³-hybridized carbons (Fsp3) is 0.581. The molecule has 0 radical (unpaired) electrons. The molecule has 3 unspecified atom stereocenters. The number of aliphatic hydroxyl groups excluding tert-OH is 1. The number of unbranched alkanes of at least 4 members (excludes halogenated alkanes) is 2. The molecule has 0 aromatic heterocycles. The Kier molecular flexibility index (Phi) is 18.7. The number of rotatable bonds is 18. The van der Waals surface area contributed by atoms with E-state index >= 15 is 0 Å². The van der Waals surface area contributed by atoms with Crippen LogP contribution < -0.4 is 14.8 Å². The van der Waals surface area contributed by atoms with Crippen LogP contribution in [0.25, 0.3) is 0 Å². The number of carbonyl (C=O) groups excluding carboxylic acids is 4. The van der Waals surface area contributed by atoms with Gasteiger partial charge in [0, 0.05) is 50.9 Å². The second-order valence-corrected chi connectivity index (χ2v) is 9.69. The van der Waals surface area contributed by atoms with E-state index in [1.165, 1.54) is 13.0 Å². The zero-order valence-electron chi connectivity index (χ0n) is 26.0. The molecule has 1 heterocycles. The zero-order valence-corrected chi connectivity index (χ0v) is 26.0. The first-order valence-electron chi connectivity index (χ1n) is 14.9. The first kappa shape index (κ1) is 38.1. The van der Waals surface area contributed by atoms with Gasteiger partial charge in [-0.3, -0.25) is 24.1 Å². The van der Waals surface area contributed by atoms with Gasteiger partial charge in [-0.1, -0.05) is 26.3 Å². The highest BCUT2D eigenvalue weighted by Crippen LogP contribution is 2.29. The molecule has 1 saturated heterocycles. The lowest BCUT2D eigenvalue weighted by Crippen LogP contribution is -2.42. The third kappa shape index (κ3) is 15.0. The number of aliphatic hydroxyl groups is 1. The quantitative estimate of drug-likeness (QED) is 0.0948. The van der Waals surface area contributed by atoms with E-state index in [2.05, 4.69) is 5.32 Å². The predicted octanol–water partition coefficient (Wildman–Crippen LogP) is 3.11. The number of allylic oxidation sites excluding steroid dienone is 1. The van der Waals surface area contributed by atoms with Crippen molar-refractivity contribution < 1.29 is 53.1 Å². The molecule has 44 heavy (non-hydrogen) atoms. The van der Waals surface area contributed by atoms with E-state index in [0.717, 1.165) is 4.90 Å². The lowest BCUT2D eigenvalue weighted by molar-refractivity contribution is -0.195. The number of ether oxygens (including phenoxy) is 4. The highest BCUT2D eigenvalue weighted by molar-refractivity contribution is 5.94. The van der Waals surface area contributed by atoms with E-state index in [9.17, 15) is 34.2 Å². The Morgan fingerprint density at radius 1 is 1.11 bits per heavy atom. The van der Waals surface area contributed by atoms with Crippen LogP contribution in [0.3, 0.4) is 0 Å². The van der Waals surface area contributed by atoms with Crippen molar-refractivity contribution in [3.63, 3.8) is 0 Å². The van der Waals surface area contributed by atoms with Crippen molar-refractivity contribution in [2.75, 3.05) is 19.7 Å². The van der Waals surface area contributed by atoms with E-state index in [1.807, 2.05) is 13.8 Å². The summed E-state index contributed by atoms with van der Waals surface area (Å²) in [5.41, 5.74) is 0.579. The van der Waals surface area contributed by atoms with E-state index < -0.39 is 30.4 Å². The number of aliphatic carboxylic acids is 1. The van der Waals surface area contributed by atoms with Gasteiger partial charge in [0.15, 0.2) is 6.10 Å². The Labute approximate surface area is 258 Å². The van der Waals surface area contributed by atoms with Crippen LogP contribution in [-0.4, -0.2) is 83.5 Å². The maximum absolute atomic E-state index is 12.1. The monoisotopic (exact) mass is 622 g/mol. The van der Waals surface area contributed by atoms with Crippen molar-refractivity contribution >= 4 is 30.2 Å². The summed E-state index contributed by atoms with van der Waals surface area (Å²) in [4.78, 5) is 58.5. The van der Waals surface area contributed by atoms with Gasteiger partial charge in [0.2, 0.25) is 18.6 Å². The second kappa shape index (κ2) is 21.7. The minimum atomic E-state index is -1.19. The molecule has 1 aliphatic rings. The number of hydrogen-bond acceptors (Lipinski definition) is 10. The number of amides is 3. The van der Waals surface area contributed by atoms with E-state index in [1.54, 1.807) is 31.2 Å². The summed E-state index contributed by atoms with van der Waals surface area (Å²) < 4.78 is 22.1. The second-order valence-electron chi connectivity index (χ2n) is 9.69. The molecule has 1 aromatic rings. The molecule has 0 bridgehead atoms. The number of carbonyl (C=O) groups is 5. The summed E-state index contributed by atoms with van der Waals surface area (Å²) >= 11 is 0. The topological polar surface area (TPSA) is 178 Å². The predicted molar refractivity (Wildman–Crippen MR) is 160 cm³/mol. The summed E-state index contributed by atoms with van der Waals surface area (Å²) in [5, 5.41) is 22.0. The van der Waals surface area contributed by atoms with Gasteiger partial charge in [-0.05, 0) is 44.4 Å². The molecule has 13 nitrogen and oxygen atoms in total. The van der Waals surface area contributed by atoms with Gasteiger partial charge >= 0.3 is 11.9 Å². The van der Waals surface area contributed by atoms with Crippen LogP contribution in [0, 0.1) is 0 Å². The van der Waals surface area contributed by atoms with Crippen LogP contribution in [0.15, 0.2) is 30.4 Å². The Bertz CT molecular complexity index is 1090. The van der Waals surface area contributed by atoms with Gasteiger partial charge in [-0.25, -0.2) is 4.79 Å². The van der Waals surface area contributed by atoms with Crippen molar-refractivity contribution in [3.05, 3.63) is 35.9 Å². The first-order chi connectivity index (χ1) is 21.1. The first-order valence-corrected chi connectivity index (χ1v) is 14.9. The largest absolute Gasteiger partial charge is 0.493 e. The summed E-state index contributed by atoms with van der Waals surface area (Å²) in [6.07, 6.45) is 3.16. The summed E-state index contributed by atoms with van der Waals surface area (Å²) in [7, 11) is 0. The number of benzene rings is 1. The minimum Gasteiger partial charge on any atom is -0.493 e. The van der Waals surface area contributed by atoms with Crippen LogP contribution >= 0.6 is 0 Å². The number of hydrogen-bond donors (Lipinski definition) is 3. The average molecular weight is 623 g/mol. The van der Waals surface area contributed by atoms with Crippen molar-refractivity contribution in [2.45, 2.75) is 97.7 Å². The molecule has 0 aliphatic carbocycles. The van der Waals surface area contributed by atoms with Crippen molar-refractivity contribution in [1.29, 1.82) is 0 Å². The molecule has 1 fully saturated rings. The summed E-state index contributed by atoms with van der Waals surface area (Å²) in [6, 6.07) is 4.81. The smallest absolute Gasteiger partial charge is 0.333 e. The summed E-state index contributed by atoms with van der Waals surface area (Å²) in [6.45, 7) is 7.86. The molecular formula is C31H46N2O11. The van der Waals surface area contributed by atoms with Crippen molar-refractivity contribution in [1.82, 2.24) is 10.2 Å². The highest BCUT2D eigenvalue weighted by atomic mass is 16.7. The fourth-order valence-corrected chi connectivity index (χ4v) is 4.06. The number of nitrogens with one attached hydrogen (secondary N) is 1. The Balaban J connectivity index is 0.00000474. The number of carboxylic acids is 1. The Morgan fingerprint density at radius 2 is 1.86 bits per heavy atom. The van der Waals surface area contributed by atoms with Gasteiger partial charge < -0.3 is 34.5 Å². The van der Waals surface area contributed by atoms with E-state index in [4.69, 9.17) is 18.9 Å². The average Bonchev–Trinajstić information content (AvgIpc) is 2.99. The van der Waals surface area contributed by atoms with Crippen LogP contribution in [0.5, 0.6) is 11.5 Å². The highest BCUT2D eigenvalue weighted by Gasteiger charge is 2.34. The molecule has 2 rings (SSSR count). The normalized spacial score (nSPS) is 17.5. The lowest BCUT2D eigenvalue weighted by Gasteiger charge is -2.31. The van der Waals surface area contributed by atoms with Crippen LogP contribution in [0.1, 0.15) is 78.2 Å². The molecule has 0 saturated carbocycles. The maximum atomic E-state index is 12.1. The molecule has 0 spiro atoms. The molecule has 246 valence electrons. The van der Waals surface area contributed by atoms with Crippen LogP contribution in [0.2, 0.25) is 0 Å². The molecule has 13 heteroatoms. The third-order valence-corrected chi connectivity index (χ3v) is 6.20. The number of carboxylic acid groups (broad SMARTS) is 1. The number of imide groups is 1. The standard InChI is InChI=1S/C29H40N2O11.C2H6/c1-3-8-27(36)31(19-32)13-6-4-5-9-26(35)30-12-7-14-39-24-17-23(11-10-21(24)18-40-20(2)33)41-28-16-22(34)15-25(42-28)29(37)38;1-2/h3,8,10-11,17,19,22,25,28,34H,4-7,9,12-16,18H2,1-2H3,(H,30,35)(H,37,38);1-2H3/b8-3-;. The van der Waals surface area contributed by atoms with Gasteiger partial charge in [-0.15, -0.1) is 0 Å².